The fourth-order valence-corrected chi connectivity index (χ4v) is 3.00. The van der Waals surface area contributed by atoms with Crippen LogP contribution < -0.4 is 0 Å². The van der Waals surface area contributed by atoms with Gasteiger partial charge in [-0.15, -0.1) is 11.3 Å². The molecule has 3 heteroatoms. The third-order valence-corrected chi connectivity index (χ3v) is 3.82. The zero-order valence-electron chi connectivity index (χ0n) is 8.38. The van der Waals surface area contributed by atoms with Crippen LogP contribution in [0.1, 0.15) is 47.8 Å². The predicted octanol–water partition coefficient (Wildman–Crippen LogP) is 4.45. The van der Waals surface area contributed by atoms with Crippen molar-refractivity contribution >= 4 is 33.6 Å². The second-order valence-corrected chi connectivity index (χ2v) is 5.83. The van der Waals surface area contributed by atoms with Crippen molar-refractivity contribution < 1.29 is 4.79 Å². The maximum atomic E-state index is 10.7. The van der Waals surface area contributed by atoms with Gasteiger partial charge in [0.1, 0.15) is 0 Å². The van der Waals surface area contributed by atoms with Gasteiger partial charge in [0.25, 0.3) is 0 Å². The second kappa shape index (κ2) is 6.36. The van der Waals surface area contributed by atoms with E-state index in [1.807, 2.05) is 0 Å². The van der Waals surface area contributed by atoms with Crippen LogP contribution in [0.3, 0.4) is 0 Å². The van der Waals surface area contributed by atoms with E-state index in [1.54, 1.807) is 0 Å². The number of aryl methyl sites for hydroxylation is 1. The van der Waals surface area contributed by atoms with Crippen LogP contribution >= 0.6 is 27.3 Å². The first-order valence-corrected chi connectivity index (χ1v) is 6.62. The van der Waals surface area contributed by atoms with E-state index in [-0.39, 0.29) is 0 Å². The molecule has 0 amide bonds. The van der Waals surface area contributed by atoms with Gasteiger partial charge in [0.15, 0.2) is 6.29 Å². The van der Waals surface area contributed by atoms with Gasteiger partial charge >= 0.3 is 0 Å². The molecule has 0 N–H and O–H groups in total. The van der Waals surface area contributed by atoms with Crippen LogP contribution in [-0.4, -0.2) is 6.29 Å². The van der Waals surface area contributed by atoms with Gasteiger partial charge in [0.05, 0.1) is 8.66 Å². The summed E-state index contributed by atoms with van der Waals surface area (Å²) in [5.41, 5.74) is 1.20. The lowest BCUT2D eigenvalue weighted by Crippen LogP contribution is -1.87. The molecule has 78 valence electrons. The summed E-state index contributed by atoms with van der Waals surface area (Å²) in [5.74, 6) is 0. The summed E-state index contributed by atoms with van der Waals surface area (Å²) in [6.45, 7) is 2.21. The molecule has 0 aromatic carbocycles. The number of rotatable bonds is 6. The molecule has 0 atom stereocenters. The molecule has 1 aromatic heterocycles. The Labute approximate surface area is 97.7 Å². The number of aldehydes is 1. The molecule has 14 heavy (non-hydrogen) atoms. The van der Waals surface area contributed by atoms with Crippen LogP contribution in [0, 0.1) is 0 Å². The molecule has 0 bridgehead atoms. The molecule has 0 saturated carbocycles. The van der Waals surface area contributed by atoms with E-state index in [4.69, 9.17) is 0 Å². The second-order valence-electron chi connectivity index (χ2n) is 3.37. The minimum atomic E-state index is 0.883. The maximum absolute atomic E-state index is 10.7. The van der Waals surface area contributed by atoms with Crippen molar-refractivity contribution in [3.63, 3.8) is 0 Å². The highest BCUT2D eigenvalue weighted by Crippen LogP contribution is 2.27. The fraction of sp³-hybridized carbons (Fsp3) is 0.545. The van der Waals surface area contributed by atoms with Gasteiger partial charge in [0, 0.05) is 0 Å². The summed E-state index contributed by atoms with van der Waals surface area (Å²) < 4.78 is 1.06. The summed E-state index contributed by atoms with van der Waals surface area (Å²) in [7, 11) is 0. The third kappa shape index (κ3) is 3.54. The van der Waals surface area contributed by atoms with Gasteiger partial charge < -0.3 is 0 Å². The van der Waals surface area contributed by atoms with Crippen molar-refractivity contribution in [1.82, 2.24) is 0 Å². The highest BCUT2D eigenvalue weighted by Gasteiger charge is 2.05. The van der Waals surface area contributed by atoms with Crippen molar-refractivity contribution in [3.05, 3.63) is 20.3 Å². The number of carbonyl (C=O) groups is 1. The number of carbonyl (C=O) groups excluding carboxylic acids is 1. The maximum Gasteiger partial charge on any atom is 0.160 e. The molecular weight excluding hydrogens is 260 g/mol. The van der Waals surface area contributed by atoms with Crippen LogP contribution in [0.2, 0.25) is 0 Å². The predicted molar refractivity (Wildman–Crippen MR) is 65.3 cm³/mol. The zero-order chi connectivity index (χ0) is 10.4. The smallest absolute Gasteiger partial charge is 0.160 e. The van der Waals surface area contributed by atoms with Gasteiger partial charge in [-0.25, -0.2) is 0 Å². The molecule has 1 nitrogen and oxygen atoms in total. The number of thiophene rings is 1. The molecule has 0 aliphatic rings. The minimum Gasteiger partial charge on any atom is -0.297 e. The first kappa shape index (κ1) is 11.9. The topological polar surface area (TPSA) is 17.1 Å². The third-order valence-electron chi connectivity index (χ3n) is 2.22. The fourth-order valence-electron chi connectivity index (χ4n) is 1.45. The van der Waals surface area contributed by atoms with Gasteiger partial charge in [-0.1, -0.05) is 26.2 Å². The van der Waals surface area contributed by atoms with Crippen LogP contribution in [0.4, 0.5) is 0 Å². The molecule has 0 spiro atoms. The molecular formula is C11H15BrOS. The van der Waals surface area contributed by atoms with Crippen LogP contribution in [0.25, 0.3) is 0 Å². The molecule has 0 saturated heterocycles. The average Bonchev–Trinajstić information content (AvgIpc) is 2.54. The number of hydrogen-bond donors (Lipinski definition) is 0. The number of hydrogen-bond acceptors (Lipinski definition) is 2. The Balaban J connectivity index is 2.44. The highest BCUT2D eigenvalue weighted by atomic mass is 79.9. The first-order chi connectivity index (χ1) is 6.77. The van der Waals surface area contributed by atoms with Gasteiger partial charge in [-0.2, -0.15) is 0 Å². The van der Waals surface area contributed by atoms with E-state index in [9.17, 15) is 4.79 Å². The summed E-state index contributed by atoms with van der Waals surface area (Å²) in [6.07, 6.45) is 7.01. The molecule has 0 radical (unpaired) electrons. The lowest BCUT2D eigenvalue weighted by atomic mass is 10.1. The Hall–Kier alpha value is -0.150. The van der Waals surface area contributed by atoms with Crippen molar-refractivity contribution in [3.8, 4) is 0 Å². The van der Waals surface area contributed by atoms with E-state index in [2.05, 4.69) is 28.9 Å². The van der Waals surface area contributed by atoms with E-state index in [0.29, 0.717) is 0 Å². The molecule has 1 rings (SSSR count). The standard InChI is InChI=1S/C11H15BrOS/c1-2-3-4-5-6-9-7-11(12)14-10(9)8-13/h7-8H,2-6H2,1H3. The van der Waals surface area contributed by atoms with Crippen molar-refractivity contribution in [2.24, 2.45) is 0 Å². The quantitative estimate of drug-likeness (QED) is 0.554. The monoisotopic (exact) mass is 274 g/mol. The van der Waals surface area contributed by atoms with Crippen molar-refractivity contribution in [2.75, 3.05) is 0 Å². The first-order valence-electron chi connectivity index (χ1n) is 5.01. The minimum absolute atomic E-state index is 0.883. The van der Waals surface area contributed by atoms with Crippen LogP contribution in [-0.2, 0) is 6.42 Å². The van der Waals surface area contributed by atoms with Crippen molar-refractivity contribution in [1.29, 1.82) is 0 Å². The Morgan fingerprint density at radius 3 is 2.86 bits per heavy atom. The zero-order valence-corrected chi connectivity index (χ0v) is 10.8. The van der Waals surface area contributed by atoms with Crippen LogP contribution in [0.5, 0.6) is 0 Å². The average molecular weight is 275 g/mol. The van der Waals surface area contributed by atoms with Crippen molar-refractivity contribution in [2.45, 2.75) is 39.0 Å². The van der Waals surface area contributed by atoms with E-state index < -0.39 is 0 Å². The Bertz CT molecular complexity index is 293. The largest absolute Gasteiger partial charge is 0.297 e. The summed E-state index contributed by atoms with van der Waals surface area (Å²) in [5, 5.41) is 0. The summed E-state index contributed by atoms with van der Waals surface area (Å²) in [4.78, 5) is 11.6. The van der Waals surface area contributed by atoms with E-state index in [0.717, 1.165) is 21.4 Å². The molecule has 0 unspecified atom stereocenters. The number of unbranched alkanes of at least 4 members (excludes halogenated alkanes) is 3. The SMILES string of the molecule is CCCCCCc1cc(Br)sc1C=O. The van der Waals surface area contributed by atoms with Crippen LogP contribution in [0.15, 0.2) is 9.85 Å². The lowest BCUT2D eigenvalue weighted by Gasteiger charge is -1.98. The Morgan fingerprint density at radius 1 is 1.43 bits per heavy atom. The lowest BCUT2D eigenvalue weighted by molar-refractivity contribution is 0.112. The summed E-state index contributed by atoms with van der Waals surface area (Å²) >= 11 is 4.93. The highest BCUT2D eigenvalue weighted by molar-refractivity contribution is 9.11. The molecule has 1 heterocycles. The van der Waals surface area contributed by atoms with E-state index in [1.165, 1.54) is 42.6 Å². The normalized spacial score (nSPS) is 10.4. The Morgan fingerprint density at radius 2 is 2.21 bits per heavy atom. The molecule has 0 fully saturated rings. The van der Waals surface area contributed by atoms with E-state index >= 15 is 0 Å². The molecule has 0 aliphatic carbocycles. The molecule has 1 aromatic rings. The molecule has 0 aliphatic heterocycles. The van der Waals surface area contributed by atoms with Gasteiger partial charge in [0.2, 0.25) is 0 Å². The Kier molecular flexibility index (Phi) is 5.41. The number of halogens is 1. The van der Waals surface area contributed by atoms with Gasteiger partial charge in [-0.05, 0) is 40.4 Å². The summed E-state index contributed by atoms with van der Waals surface area (Å²) in [6, 6.07) is 2.07. The van der Waals surface area contributed by atoms with Gasteiger partial charge in [-0.3, -0.25) is 4.79 Å².